The molecule has 0 radical (unpaired) electrons. The molecular formula is C42H54F3N5O10S. The third-order valence-electron chi connectivity index (χ3n) is 13.4. The molecule has 0 spiro atoms. The SMILES string of the molecule is CC[C@@H]1C[C@@H](C)CCC=C[C@@H]2C[C@@]2(C(=O)NS(=O)(=O)C2(CF)CC2)NC(=O)[C@@H]2C[C@@H](Oc3nccc4c5c(ccc34)OCCO5)CN2C(=O)[C@H]1N(C(=O)O)C(C)(C)C(C)(F)F. The lowest BCUT2D eigenvalue weighted by Crippen LogP contribution is -2.67. The van der Waals surface area contributed by atoms with E-state index < -0.39 is 92.3 Å². The van der Waals surface area contributed by atoms with Crippen molar-refractivity contribution in [1.82, 2.24) is 24.8 Å². The summed E-state index contributed by atoms with van der Waals surface area (Å²) in [7, 11) is -4.48. The van der Waals surface area contributed by atoms with Gasteiger partial charge in [-0.15, -0.1) is 0 Å². The number of nitrogens with one attached hydrogen (secondary N) is 2. The first-order valence-corrected chi connectivity index (χ1v) is 22.3. The highest BCUT2D eigenvalue weighted by Gasteiger charge is 2.64. The normalized spacial score (nSPS) is 29.0. The maximum Gasteiger partial charge on any atom is 0.408 e. The van der Waals surface area contributed by atoms with Gasteiger partial charge in [0.15, 0.2) is 11.5 Å². The van der Waals surface area contributed by atoms with Gasteiger partial charge in [0.2, 0.25) is 27.7 Å². The number of alkyl halides is 3. The number of carbonyl (C=O) groups is 4. The number of carbonyl (C=O) groups excluding carboxylic acids is 3. The van der Waals surface area contributed by atoms with Gasteiger partial charge in [0, 0.05) is 36.2 Å². The zero-order valence-corrected chi connectivity index (χ0v) is 35.7. The van der Waals surface area contributed by atoms with Crippen molar-refractivity contribution in [3.05, 3.63) is 36.5 Å². The van der Waals surface area contributed by atoms with Crippen LogP contribution in [0.25, 0.3) is 10.8 Å². The average Bonchev–Trinajstić information content (AvgIpc) is 4.11. The molecule has 7 rings (SSSR count). The van der Waals surface area contributed by atoms with Crippen LogP contribution in [0.2, 0.25) is 0 Å². The number of sulfonamides is 1. The molecule has 1 saturated heterocycles. The van der Waals surface area contributed by atoms with Gasteiger partial charge in [-0.25, -0.2) is 31.4 Å². The largest absolute Gasteiger partial charge is 0.486 e. The summed E-state index contributed by atoms with van der Waals surface area (Å²) in [5.41, 5.74) is -4.20. The van der Waals surface area contributed by atoms with E-state index in [1.54, 1.807) is 31.2 Å². The Hall–Kier alpha value is -4.81. The second-order valence-corrected chi connectivity index (χ2v) is 19.9. The fourth-order valence-electron chi connectivity index (χ4n) is 8.99. The fraction of sp³-hybridized carbons (Fsp3) is 0.643. The number of pyridine rings is 1. The molecule has 5 aliphatic rings. The van der Waals surface area contributed by atoms with Gasteiger partial charge in [-0.3, -0.25) is 24.0 Å². The molecule has 2 aromatic rings. The van der Waals surface area contributed by atoms with Crippen LogP contribution in [0.5, 0.6) is 17.4 Å². The van der Waals surface area contributed by atoms with Crippen molar-refractivity contribution >= 4 is 44.6 Å². The summed E-state index contributed by atoms with van der Waals surface area (Å²) in [6.45, 7) is 5.54. The number of amides is 4. The Labute approximate surface area is 352 Å². The monoisotopic (exact) mass is 877 g/mol. The number of hydrogen-bond donors (Lipinski definition) is 3. The molecule has 7 atom stereocenters. The molecule has 1 aromatic heterocycles. The van der Waals surface area contributed by atoms with Gasteiger partial charge < -0.3 is 29.5 Å². The topological polar surface area (TPSA) is 194 Å². The third kappa shape index (κ3) is 8.06. The maximum absolute atomic E-state index is 15.5. The second kappa shape index (κ2) is 16.1. The first-order valence-electron chi connectivity index (χ1n) is 20.9. The molecule has 4 heterocycles. The zero-order chi connectivity index (χ0) is 44.3. The van der Waals surface area contributed by atoms with Crippen LogP contribution in [0.1, 0.15) is 86.0 Å². The summed E-state index contributed by atoms with van der Waals surface area (Å²) < 4.78 is 89.8. The van der Waals surface area contributed by atoms with Crippen LogP contribution >= 0.6 is 0 Å². The van der Waals surface area contributed by atoms with Crippen LogP contribution in [-0.4, -0.2) is 118 Å². The van der Waals surface area contributed by atoms with Crippen molar-refractivity contribution in [2.24, 2.45) is 17.8 Å². The lowest BCUT2D eigenvalue weighted by molar-refractivity contribution is -0.157. The summed E-state index contributed by atoms with van der Waals surface area (Å²) in [4.78, 5) is 63.4. The van der Waals surface area contributed by atoms with E-state index in [4.69, 9.17) is 14.2 Å². The van der Waals surface area contributed by atoms with Gasteiger partial charge >= 0.3 is 6.09 Å². The van der Waals surface area contributed by atoms with Crippen molar-refractivity contribution in [2.75, 3.05) is 26.4 Å². The summed E-state index contributed by atoms with van der Waals surface area (Å²) in [6.07, 6.45) is 3.67. The molecule has 61 heavy (non-hydrogen) atoms. The number of aromatic nitrogens is 1. The smallest absolute Gasteiger partial charge is 0.408 e. The Morgan fingerprint density at radius 2 is 1.84 bits per heavy atom. The van der Waals surface area contributed by atoms with Gasteiger partial charge in [0.25, 0.3) is 11.8 Å². The van der Waals surface area contributed by atoms with Crippen LogP contribution in [-0.2, 0) is 24.4 Å². The molecule has 19 heteroatoms. The fourth-order valence-corrected chi connectivity index (χ4v) is 10.4. The summed E-state index contributed by atoms with van der Waals surface area (Å²) >= 11 is 0. The Balaban J connectivity index is 1.30. The van der Waals surface area contributed by atoms with E-state index in [0.717, 1.165) is 18.7 Å². The highest BCUT2D eigenvalue weighted by molar-refractivity contribution is 7.91. The maximum atomic E-state index is 15.5. The summed E-state index contributed by atoms with van der Waals surface area (Å²) in [5.74, 6) is -6.90. The van der Waals surface area contributed by atoms with E-state index in [-0.39, 0.29) is 56.9 Å². The minimum absolute atomic E-state index is 0.00149. The molecule has 15 nitrogen and oxygen atoms in total. The van der Waals surface area contributed by atoms with Crippen LogP contribution < -0.4 is 24.2 Å². The van der Waals surface area contributed by atoms with Crippen LogP contribution in [0.3, 0.4) is 0 Å². The molecule has 0 bridgehead atoms. The van der Waals surface area contributed by atoms with Crippen molar-refractivity contribution in [2.45, 2.75) is 126 Å². The molecular weight excluding hydrogens is 824 g/mol. The quantitative estimate of drug-likeness (QED) is 0.260. The van der Waals surface area contributed by atoms with E-state index in [9.17, 15) is 32.3 Å². The highest BCUT2D eigenvalue weighted by atomic mass is 32.2. The standard InChI is InChI=1S/C42H54F3N5O10S/c1-6-25-19-24(2)9-7-8-10-26-21-42(26,37(53)48-61(56,57)41(23-43)14-15-41)47-34(51)30-20-27(22-49(30)36(52)32(25)50(38(54)55)39(3,4)40(5,44)45)60-35-29-11-12-31-33(59-18-17-58-31)28(29)13-16-46-35/h8,10-13,16,24-27,30,32H,6-7,9,14-15,17-23H2,1-5H3,(H,47,51)(H,48,53)(H,54,55)/t24-,25+,26+,27+,30-,32-,42+/m0/s1. The zero-order valence-electron chi connectivity index (χ0n) is 34.9. The first-order chi connectivity index (χ1) is 28.7. The lowest BCUT2D eigenvalue weighted by atomic mass is 9.81. The predicted octanol–water partition coefficient (Wildman–Crippen LogP) is 5.36. The van der Waals surface area contributed by atoms with Crippen molar-refractivity contribution < 1.29 is 60.1 Å². The van der Waals surface area contributed by atoms with Gasteiger partial charge in [-0.05, 0) is 82.4 Å². The van der Waals surface area contributed by atoms with E-state index in [1.807, 2.05) is 17.7 Å². The van der Waals surface area contributed by atoms with Crippen LogP contribution in [0.15, 0.2) is 36.5 Å². The Morgan fingerprint density at radius 3 is 2.49 bits per heavy atom. The molecule has 3 fully saturated rings. The highest BCUT2D eigenvalue weighted by Crippen LogP contribution is 2.49. The number of hydrogen-bond acceptors (Lipinski definition) is 10. The number of benzene rings is 1. The van der Waals surface area contributed by atoms with Crippen LogP contribution in [0, 0.1) is 17.8 Å². The molecule has 3 N–H and O–H groups in total. The van der Waals surface area contributed by atoms with Gasteiger partial charge in [-0.1, -0.05) is 32.4 Å². The number of carboxylic acid groups (broad SMARTS) is 1. The number of nitrogens with zero attached hydrogens (tertiary/aromatic N) is 3. The van der Waals surface area contributed by atoms with Crippen molar-refractivity contribution in [3.8, 4) is 17.4 Å². The van der Waals surface area contributed by atoms with Gasteiger partial charge in [-0.2, -0.15) is 0 Å². The molecule has 3 aliphatic heterocycles. The van der Waals surface area contributed by atoms with E-state index in [2.05, 4.69) is 10.3 Å². The van der Waals surface area contributed by atoms with Crippen molar-refractivity contribution in [1.29, 1.82) is 0 Å². The molecule has 334 valence electrons. The van der Waals surface area contributed by atoms with Gasteiger partial charge in [0.05, 0.1) is 6.54 Å². The van der Waals surface area contributed by atoms with E-state index in [1.165, 1.54) is 6.20 Å². The van der Waals surface area contributed by atoms with E-state index >= 15 is 13.6 Å². The Morgan fingerprint density at radius 1 is 1.11 bits per heavy atom. The van der Waals surface area contributed by atoms with E-state index in [0.29, 0.717) is 60.2 Å². The molecule has 0 unspecified atom stereocenters. The third-order valence-corrected chi connectivity index (χ3v) is 15.5. The number of allylic oxidation sites excluding steroid dienone is 1. The molecule has 2 aliphatic carbocycles. The Bertz CT molecular complexity index is 2220. The van der Waals surface area contributed by atoms with Gasteiger partial charge in [0.1, 0.15) is 53.9 Å². The number of fused-ring (bicyclic) bond motifs is 5. The molecule has 4 amide bonds. The van der Waals surface area contributed by atoms with Crippen molar-refractivity contribution in [3.63, 3.8) is 0 Å². The van der Waals surface area contributed by atoms with Crippen LogP contribution in [0.4, 0.5) is 18.0 Å². The summed E-state index contributed by atoms with van der Waals surface area (Å²) in [5, 5.41) is 14.6. The first kappa shape index (κ1) is 44.3. The predicted molar refractivity (Wildman–Crippen MR) is 216 cm³/mol. The Kier molecular flexibility index (Phi) is 11.7. The lowest BCUT2D eigenvalue weighted by Gasteiger charge is -2.47. The molecule has 1 aromatic carbocycles. The minimum atomic E-state index is -4.48. The average molecular weight is 878 g/mol. The number of halogens is 3. The second-order valence-electron chi connectivity index (χ2n) is 17.9. The summed E-state index contributed by atoms with van der Waals surface area (Å²) in [6, 6.07) is 2.01. The number of ether oxygens (including phenoxy) is 3. The molecule has 2 saturated carbocycles. The number of rotatable bonds is 10. The minimum Gasteiger partial charge on any atom is -0.486 e.